The SMILES string of the molecule is CCOC(=O)C1=NC2(CCCCC2)C(N)=N1. The monoisotopic (exact) mass is 223 g/mol. The van der Waals surface area contributed by atoms with Crippen molar-refractivity contribution in [3.05, 3.63) is 0 Å². The van der Waals surface area contributed by atoms with Crippen LogP contribution in [-0.4, -0.2) is 29.8 Å². The Hall–Kier alpha value is -1.39. The molecule has 2 N–H and O–H groups in total. The number of rotatable bonds is 2. The quantitative estimate of drug-likeness (QED) is 0.710. The van der Waals surface area contributed by atoms with Gasteiger partial charge < -0.3 is 10.5 Å². The van der Waals surface area contributed by atoms with Crippen molar-refractivity contribution in [3.63, 3.8) is 0 Å². The number of esters is 1. The van der Waals surface area contributed by atoms with E-state index in [2.05, 4.69) is 9.98 Å². The molecular formula is C11H17N3O2. The molecule has 1 spiro atoms. The standard InChI is InChI=1S/C11H17N3O2/c1-2-16-9(15)8-13-10(12)11(14-8)6-4-3-5-7-11/h2-7H2,1H3,(H2,12,13,14). The molecule has 0 amide bonds. The van der Waals surface area contributed by atoms with Gasteiger partial charge in [-0.1, -0.05) is 19.3 Å². The Morgan fingerprint density at radius 3 is 2.75 bits per heavy atom. The van der Waals surface area contributed by atoms with Crippen LogP contribution < -0.4 is 5.73 Å². The van der Waals surface area contributed by atoms with E-state index in [0.717, 1.165) is 25.7 Å². The normalized spacial score (nSPS) is 22.8. The molecular weight excluding hydrogens is 206 g/mol. The summed E-state index contributed by atoms with van der Waals surface area (Å²) in [5, 5.41) is 0. The minimum absolute atomic E-state index is 0.140. The molecule has 0 aromatic heterocycles. The van der Waals surface area contributed by atoms with Crippen LogP contribution in [0.2, 0.25) is 0 Å². The molecule has 88 valence electrons. The molecule has 0 atom stereocenters. The van der Waals surface area contributed by atoms with E-state index in [9.17, 15) is 4.79 Å². The van der Waals surface area contributed by atoms with Gasteiger partial charge in [0, 0.05) is 0 Å². The molecule has 1 aliphatic carbocycles. The van der Waals surface area contributed by atoms with Gasteiger partial charge in [-0.05, 0) is 19.8 Å². The van der Waals surface area contributed by atoms with Gasteiger partial charge in [0.25, 0.3) is 0 Å². The Labute approximate surface area is 94.8 Å². The number of amidine groups is 2. The summed E-state index contributed by atoms with van der Waals surface area (Å²) in [5.74, 6) is 0.157. The molecule has 0 aromatic carbocycles. The highest BCUT2D eigenvalue weighted by atomic mass is 16.5. The van der Waals surface area contributed by atoms with Crippen LogP contribution in [0.4, 0.5) is 0 Å². The number of hydrogen-bond acceptors (Lipinski definition) is 5. The van der Waals surface area contributed by atoms with Crippen molar-refractivity contribution < 1.29 is 9.53 Å². The Morgan fingerprint density at radius 2 is 2.12 bits per heavy atom. The smallest absolute Gasteiger partial charge is 0.376 e. The first-order valence-corrected chi connectivity index (χ1v) is 5.79. The molecule has 1 fully saturated rings. The second-order valence-corrected chi connectivity index (χ2v) is 4.25. The summed E-state index contributed by atoms with van der Waals surface area (Å²) in [6.07, 6.45) is 5.18. The molecule has 5 heteroatoms. The molecule has 5 nitrogen and oxygen atoms in total. The predicted octanol–water partition coefficient (Wildman–Crippen LogP) is 1.02. The van der Waals surface area contributed by atoms with Gasteiger partial charge in [-0.15, -0.1) is 0 Å². The molecule has 16 heavy (non-hydrogen) atoms. The van der Waals surface area contributed by atoms with E-state index in [-0.39, 0.29) is 5.84 Å². The third kappa shape index (κ3) is 1.81. The molecule has 0 radical (unpaired) electrons. The highest BCUT2D eigenvalue weighted by molar-refractivity contribution is 6.39. The van der Waals surface area contributed by atoms with Gasteiger partial charge >= 0.3 is 5.97 Å². The molecule has 1 heterocycles. The number of nitrogens with zero attached hydrogens (tertiary/aromatic N) is 2. The van der Waals surface area contributed by atoms with E-state index in [0.29, 0.717) is 12.4 Å². The Balaban J connectivity index is 2.18. The van der Waals surface area contributed by atoms with Gasteiger partial charge in [0.15, 0.2) is 0 Å². The highest BCUT2D eigenvalue weighted by Crippen LogP contribution is 2.34. The zero-order valence-electron chi connectivity index (χ0n) is 9.53. The highest BCUT2D eigenvalue weighted by Gasteiger charge is 2.41. The lowest BCUT2D eigenvalue weighted by atomic mass is 9.82. The first-order chi connectivity index (χ1) is 7.68. The lowest BCUT2D eigenvalue weighted by Crippen LogP contribution is -2.41. The predicted molar refractivity (Wildman–Crippen MR) is 61.5 cm³/mol. The second kappa shape index (κ2) is 4.23. The number of carbonyl (C=O) groups is 1. The molecule has 2 rings (SSSR count). The van der Waals surface area contributed by atoms with E-state index >= 15 is 0 Å². The first kappa shape index (κ1) is 11.1. The van der Waals surface area contributed by atoms with E-state index in [1.807, 2.05) is 0 Å². The molecule has 1 aliphatic heterocycles. The third-order valence-corrected chi connectivity index (χ3v) is 3.16. The van der Waals surface area contributed by atoms with Crippen LogP contribution in [0.15, 0.2) is 9.98 Å². The lowest BCUT2D eigenvalue weighted by Gasteiger charge is -2.29. The lowest BCUT2D eigenvalue weighted by molar-refractivity contribution is -0.135. The maximum Gasteiger partial charge on any atom is 0.376 e. The van der Waals surface area contributed by atoms with E-state index in [1.54, 1.807) is 6.92 Å². The zero-order valence-corrected chi connectivity index (χ0v) is 9.53. The average molecular weight is 223 g/mol. The summed E-state index contributed by atoms with van der Waals surface area (Å²) in [6.45, 7) is 2.09. The number of carbonyl (C=O) groups excluding carboxylic acids is 1. The molecule has 2 aliphatic rings. The summed E-state index contributed by atoms with van der Waals surface area (Å²) in [7, 11) is 0. The zero-order chi connectivity index (χ0) is 11.6. The van der Waals surface area contributed by atoms with Gasteiger partial charge in [-0.2, -0.15) is 0 Å². The minimum atomic E-state index is -0.465. The third-order valence-electron chi connectivity index (χ3n) is 3.16. The molecule has 0 saturated heterocycles. The minimum Gasteiger partial charge on any atom is -0.460 e. The maximum absolute atomic E-state index is 11.5. The fourth-order valence-electron chi connectivity index (χ4n) is 2.29. The molecule has 0 bridgehead atoms. The van der Waals surface area contributed by atoms with E-state index in [1.165, 1.54) is 6.42 Å². The number of nitrogens with two attached hydrogens (primary N) is 1. The van der Waals surface area contributed by atoms with Crippen molar-refractivity contribution >= 4 is 17.6 Å². The summed E-state index contributed by atoms with van der Waals surface area (Å²) >= 11 is 0. The number of ether oxygens (including phenoxy) is 1. The molecule has 0 aromatic rings. The van der Waals surface area contributed by atoms with Crippen molar-refractivity contribution in [1.82, 2.24) is 0 Å². The Bertz CT molecular complexity index is 354. The van der Waals surface area contributed by atoms with Gasteiger partial charge in [0.05, 0.1) is 6.61 Å². The summed E-state index contributed by atoms with van der Waals surface area (Å²) in [6, 6.07) is 0. The van der Waals surface area contributed by atoms with Crippen LogP contribution >= 0.6 is 0 Å². The molecule has 1 saturated carbocycles. The number of hydrogen-bond donors (Lipinski definition) is 1. The van der Waals surface area contributed by atoms with Gasteiger partial charge in [-0.3, -0.25) is 0 Å². The van der Waals surface area contributed by atoms with Crippen LogP contribution in [0.3, 0.4) is 0 Å². The fourth-order valence-corrected chi connectivity index (χ4v) is 2.29. The van der Waals surface area contributed by atoms with Gasteiger partial charge in [-0.25, -0.2) is 14.8 Å². The van der Waals surface area contributed by atoms with Crippen molar-refractivity contribution in [2.24, 2.45) is 15.7 Å². The van der Waals surface area contributed by atoms with Crippen LogP contribution in [0.25, 0.3) is 0 Å². The van der Waals surface area contributed by atoms with Crippen LogP contribution in [0, 0.1) is 0 Å². The molecule has 0 unspecified atom stereocenters. The van der Waals surface area contributed by atoms with E-state index < -0.39 is 11.5 Å². The van der Waals surface area contributed by atoms with Crippen molar-refractivity contribution in [3.8, 4) is 0 Å². The van der Waals surface area contributed by atoms with Crippen molar-refractivity contribution in [2.75, 3.05) is 6.61 Å². The van der Waals surface area contributed by atoms with Gasteiger partial charge in [0.2, 0.25) is 5.84 Å². The Morgan fingerprint density at radius 1 is 1.44 bits per heavy atom. The van der Waals surface area contributed by atoms with Crippen molar-refractivity contribution in [2.45, 2.75) is 44.6 Å². The maximum atomic E-state index is 11.5. The topological polar surface area (TPSA) is 77.0 Å². The average Bonchev–Trinajstić information content (AvgIpc) is 2.58. The largest absolute Gasteiger partial charge is 0.460 e. The van der Waals surface area contributed by atoms with Crippen LogP contribution in [0.5, 0.6) is 0 Å². The number of aliphatic imine (C=N–C) groups is 2. The summed E-state index contributed by atoms with van der Waals surface area (Å²) < 4.78 is 4.88. The first-order valence-electron chi connectivity index (χ1n) is 5.79. The van der Waals surface area contributed by atoms with Gasteiger partial charge in [0.1, 0.15) is 11.4 Å². The van der Waals surface area contributed by atoms with Crippen LogP contribution in [0.1, 0.15) is 39.0 Å². The van der Waals surface area contributed by atoms with E-state index in [4.69, 9.17) is 10.5 Å². The summed E-state index contributed by atoms with van der Waals surface area (Å²) in [4.78, 5) is 19.9. The summed E-state index contributed by atoms with van der Waals surface area (Å²) in [5.41, 5.74) is 5.49. The van der Waals surface area contributed by atoms with Crippen LogP contribution in [-0.2, 0) is 9.53 Å². The van der Waals surface area contributed by atoms with Crippen molar-refractivity contribution in [1.29, 1.82) is 0 Å². The Kier molecular flexibility index (Phi) is 2.94. The fraction of sp³-hybridized carbons (Fsp3) is 0.727. The second-order valence-electron chi connectivity index (χ2n) is 4.25.